The summed E-state index contributed by atoms with van der Waals surface area (Å²) in [5, 5.41) is 1.01. The lowest BCUT2D eigenvalue weighted by atomic mass is 10.1. The number of anilines is 1. The molecule has 164 valence electrons. The number of carbonyl (C=O) groups excluding carboxylic acids is 1. The van der Waals surface area contributed by atoms with Crippen LogP contribution in [-0.2, 0) is 16.1 Å². The topological polar surface area (TPSA) is 54.8 Å². The van der Waals surface area contributed by atoms with Crippen LogP contribution in [0.4, 0.5) is 5.69 Å². The molecule has 0 radical (unpaired) electrons. The van der Waals surface area contributed by atoms with Gasteiger partial charge in [0.1, 0.15) is 4.32 Å². The Kier molecular flexibility index (Phi) is 6.50. The van der Waals surface area contributed by atoms with E-state index in [-0.39, 0.29) is 11.5 Å². The zero-order valence-electron chi connectivity index (χ0n) is 18.1. The summed E-state index contributed by atoms with van der Waals surface area (Å²) in [5.74, 6) is 0.191. The van der Waals surface area contributed by atoms with Crippen LogP contribution in [0, 0.1) is 5.92 Å². The average Bonchev–Trinajstić information content (AvgIpc) is 3.02. The second-order valence-electron chi connectivity index (χ2n) is 8.11. The standard InChI is InChI=1S/C23H27N3O3S2/c1-4-25-18-8-6-5-7-16(18)20(24-9-11-29-12-10-24)17(21(25)27)13-19-22(28)26(14-15(2)3)23(30)31-19/h5-8,13,15H,4,9-12,14H2,1-3H3. The monoisotopic (exact) mass is 457 g/mol. The SMILES string of the molecule is CCn1c(=O)c(C=C2SC(=S)N(CC(C)C)C2=O)c(N2CCOCC2)c2ccccc21. The summed E-state index contributed by atoms with van der Waals surface area (Å²) < 4.78 is 7.87. The number of amides is 1. The molecule has 0 spiro atoms. The molecule has 1 aromatic carbocycles. The van der Waals surface area contributed by atoms with Gasteiger partial charge in [-0.05, 0) is 25.0 Å². The van der Waals surface area contributed by atoms with E-state index < -0.39 is 0 Å². The number of morpholine rings is 1. The first-order chi connectivity index (χ1) is 14.9. The van der Waals surface area contributed by atoms with Crippen LogP contribution >= 0.6 is 24.0 Å². The van der Waals surface area contributed by atoms with Gasteiger partial charge in [-0.15, -0.1) is 0 Å². The molecule has 0 bridgehead atoms. The van der Waals surface area contributed by atoms with E-state index in [1.807, 2.05) is 31.2 Å². The van der Waals surface area contributed by atoms with Crippen molar-refractivity contribution < 1.29 is 9.53 Å². The molecule has 4 rings (SSSR count). The van der Waals surface area contributed by atoms with Crippen LogP contribution in [-0.4, -0.2) is 52.5 Å². The maximum Gasteiger partial charge on any atom is 0.266 e. The number of aryl methyl sites for hydroxylation is 1. The lowest BCUT2D eigenvalue weighted by molar-refractivity contribution is -0.122. The smallest absolute Gasteiger partial charge is 0.266 e. The molecule has 2 aromatic rings. The lowest BCUT2D eigenvalue weighted by Gasteiger charge is -2.31. The molecular formula is C23H27N3O3S2. The number of benzene rings is 1. The minimum absolute atomic E-state index is 0.0863. The van der Waals surface area contributed by atoms with Gasteiger partial charge in [-0.25, -0.2) is 0 Å². The van der Waals surface area contributed by atoms with Gasteiger partial charge >= 0.3 is 0 Å². The second-order valence-corrected chi connectivity index (χ2v) is 9.79. The number of ether oxygens (including phenoxy) is 1. The van der Waals surface area contributed by atoms with Gasteiger partial charge in [0.15, 0.2) is 0 Å². The number of nitrogens with zero attached hydrogens (tertiary/aromatic N) is 3. The highest BCUT2D eigenvalue weighted by atomic mass is 32.2. The predicted octanol–water partition coefficient (Wildman–Crippen LogP) is 3.72. The van der Waals surface area contributed by atoms with Crippen LogP contribution in [0.2, 0.25) is 0 Å². The number of carbonyl (C=O) groups is 1. The van der Waals surface area contributed by atoms with E-state index >= 15 is 0 Å². The molecule has 0 aliphatic carbocycles. The number of para-hydroxylation sites is 1. The van der Waals surface area contributed by atoms with Crippen LogP contribution in [0.5, 0.6) is 0 Å². The van der Waals surface area contributed by atoms with Crippen molar-refractivity contribution >= 4 is 56.9 Å². The van der Waals surface area contributed by atoms with Gasteiger partial charge in [-0.1, -0.05) is 56.0 Å². The minimum atomic E-state index is -0.118. The van der Waals surface area contributed by atoms with Crippen molar-refractivity contribution in [1.82, 2.24) is 9.47 Å². The number of thiocarbonyl (C=S) groups is 1. The summed E-state index contributed by atoms with van der Waals surface area (Å²) in [6, 6.07) is 7.97. The molecule has 2 saturated heterocycles. The quantitative estimate of drug-likeness (QED) is 0.504. The Morgan fingerprint density at radius 1 is 1.19 bits per heavy atom. The molecule has 6 nitrogen and oxygen atoms in total. The third-order valence-electron chi connectivity index (χ3n) is 5.52. The third kappa shape index (κ3) is 4.16. The van der Waals surface area contributed by atoms with Crippen LogP contribution in [0.1, 0.15) is 26.3 Å². The van der Waals surface area contributed by atoms with E-state index in [1.54, 1.807) is 15.5 Å². The largest absolute Gasteiger partial charge is 0.378 e. The lowest BCUT2D eigenvalue weighted by Crippen LogP contribution is -2.38. The predicted molar refractivity (Wildman–Crippen MR) is 132 cm³/mol. The van der Waals surface area contributed by atoms with Crippen molar-refractivity contribution in [3.63, 3.8) is 0 Å². The number of rotatable bonds is 5. The number of hydrogen-bond donors (Lipinski definition) is 0. The number of hydrogen-bond acceptors (Lipinski definition) is 6. The molecule has 0 saturated carbocycles. The molecule has 1 aromatic heterocycles. The van der Waals surface area contributed by atoms with Gasteiger partial charge in [0.2, 0.25) is 0 Å². The fourth-order valence-electron chi connectivity index (χ4n) is 4.14. The summed E-state index contributed by atoms with van der Waals surface area (Å²) in [6.45, 7) is 9.84. The molecule has 31 heavy (non-hydrogen) atoms. The van der Waals surface area contributed by atoms with Gasteiger partial charge < -0.3 is 14.2 Å². The van der Waals surface area contributed by atoms with Crippen molar-refractivity contribution in [2.24, 2.45) is 5.92 Å². The fraction of sp³-hybridized carbons (Fsp3) is 0.435. The zero-order valence-corrected chi connectivity index (χ0v) is 19.7. The van der Waals surface area contributed by atoms with Gasteiger partial charge in [0, 0.05) is 31.6 Å². The summed E-state index contributed by atoms with van der Waals surface area (Å²) in [5.41, 5.74) is 2.24. The van der Waals surface area contributed by atoms with Crippen LogP contribution in [0.15, 0.2) is 34.0 Å². The summed E-state index contributed by atoms with van der Waals surface area (Å²) in [4.78, 5) is 31.0. The van der Waals surface area contributed by atoms with Crippen molar-refractivity contribution in [2.75, 3.05) is 37.7 Å². The van der Waals surface area contributed by atoms with E-state index in [9.17, 15) is 9.59 Å². The minimum Gasteiger partial charge on any atom is -0.378 e. The maximum atomic E-state index is 13.6. The summed E-state index contributed by atoms with van der Waals surface area (Å²) in [6.07, 6.45) is 1.76. The Balaban J connectivity index is 1.92. The van der Waals surface area contributed by atoms with E-state index in [4.69, 9.17) is 17.0 Å². The van der Waals surface area contributed by atoms with Crippen molar-refractivity contribution in [2.45, 2.75) is 27.3 Å². The normalized spacial score (nSPS) is 18.8. The van der Waals surface area contributed by atoms with E-state index in [1.165, 1.54) is 11.8 Å². The maximum absolute atomic E-state index is 13.6. The number of aromatic nitrogens is 1. The Labute approximate surface area is 191 Å². The summed E-state index contributed by atoms with van der Waals surface area (Å²) >= 11 is 6.74. The van der Waals surface area contributed by atoms with Gasteiger partial charge in [0.25, 0.3) is 11.5 Å². The van der Waals surface area contributed by atoms with Crippen LogP contribution in [0.25, 0.3) is 17.0 Å². The molecule has 2 aliphatic rings. The van der Waals surface area contributed by atoms with Gasteiger partial charge in [-0.3, -0.25) is 14.5 Å². The molecule has 0 N–H and O–H groups in total. The molecule has 0 atom stereocenters. The van der Waals surface area contributed by atoms with Crippen molar-refractivity contribution in [1.29, 1.82) is 0 Å². The second kappa shape index (κ2) is 9.14. The van der Waals surface area contributed by atoms with Gasteiger partial charge in [-0.2, -0.15) is 0 Å². The first-order valence-corrected chi connectivity index (χ1v) is 11.9. The Hall–Kier alpha value is -2.16. The highest BCUT2D eigenvalue weighted by Gasteiger charge is 2.33. The van der Waals surface area contributed by atoms with E-state index in [0.717, 1.165) is 16.6 Å². The summed E-state index contributed by atoms with van der Waals surface area (Å²) in [7, 11) is 0. The molecule has 2 fully saturated rings. The molecule has 8 heteroatoms. The van der Waals surface area contributed by atoms with Crippen molar-refractivity contribution in [3.05, 3.63) is 45.1 Å². The van der Waals surface area contributed by atoms with E-state index in [0.29, 0.717) is 60.1 Å². The van der Waals surface area contributed by atoms with Gasteiger partial charge in [0.05, 0.1) is 34.9 Å². The number of thioether (sulfide) groups is 1. The Morgan fingerprint density at radius 3 is 2.58 bits per heavy atom. The highest BCUT2D eigenvalue weighted by molar-refractivity contribution is 8.26. The molecule has 3 heterocycles. The van der Waals surface area contributed by atoms with Crippen molar-refractivity contribution in [3.8, 4) is 0 Å². The molecule has 1 amide bonds. The third-order valence-corrected chi connectivity index (χ3v) is 6.90. The van der Waals surface area contributed by atoms with Crippen LogP contribution in [0.3, 0.4) is 0 Å². The molecular weight excluding hydrogens is 430 g/mol. The zero-order chi connectivity index (χ0) is 22.1. The molecule has 2 aliphatic heterocycles. The fourth-order valence-corrected chi connectivity index (χ4v) is 5.39. The first-order valence-electron chi connectivity index (χ1n) is 10.7. The Bertz CT molecular complexity index is 1120. The molecule has 0 unspecified atom stereocenters. The van der Waals surface area contributed by atoms with Crippen LogP contribution < -0.4 is 10.5 Å². The number of fused-ring (bicyclic) bond motifs is 1. The number of pyridine rings is 1. The van der Waals surface area contributed by atoms with E-state index in [2.05, 4.69) is 18.7 Å². The first kappa shape index (κ1) is 22.0. The Morgan fingerprint density at radius 2 is 1.90 bits per heavy atom. The highest BCUT2D eigenvalue weighted by Crippen LogP contribution is 2.36. The average molecular weight is 458 g/mol.